The molecule has 0 radical (unpaired) electrons. The molecule has 0 spiro atoms. The van der Waals surface area contributed by atoms with Crippen LogP contribution in [0.5, 0.6) is 0 Å². The standard InChI is InChI=1S/C12H13F3N4/c1-19(11-16-5-6-17-11)18-8-9-3-2-4-10(7-9)12(13,14)15/h2-4,7-8H,5-6H2,1H3,(H,16,17)/p+1/b18-8-. The van der Waals surface area contributed by atoms with E-state index in [1.807, 2.05) is 0 Å². The summed E-state index contributed by atoms with van der Waals surface area (Å²) in [5.74, 6) is 0.739. The maximum absolute atomic E-state index is 12.5. The van der Waals surface area contributed by atoms with Gasteiger partial charge in [0, 0.05) is 0 Å². The van der Waals surface area contributed by atoms with E-state index in [0.29, 0.717) is 5.56 Å². The third-order valence-corrected chi connectivity index (χ3v) is 2.63. The van der Waals surface area contributed by atoms with Gasteiger partial charge in [-0.05, 0) is 17.7 Å². The number of hydrogen-bond acceptors (Lipinski definition) is 1. The predicted octanol–water partition coefficient (Wildman–Crippen LogP) is 1.23. The van der Waals surface area contributed by atoms with Crippen LogP contribution < -0.4 is 10.6 Å². The number of benzene rings is 1. The second-order valence-electron chi connectivity index (χ2n) is 4.09. The first kappa shape index (κ1) is 13.4. The van der Waals surface area contributed by atoms with Crippen molar-refractivity contribution in [2.75, 3.05) is 20.1 Å². The first-order valence-electron chi connectivity index (χ1n) is 5.76. The van der Waals surface area contributed by atoms with Crippen molar-refractivity contribution >= 4 is 12.2 Å². The zero-order chi connectivity index (χ0) is 13.9. The molecular formula is C12H14F3N4+. The van der Waals surface area contributed by atoms with E-state index in [0.717, 1.165) is 31.2 Å². The molecule has 0 aliphatic carbocycles. The Kier molecular flexibility index (Phi) is 3.73. The van der Waals surface area contributed by atoms with Crippen LogP contribution in [-0.2, 0) is 6.18 Å². The van der Waals surface area contributed by atoms with E-state index >= 15 is 0 Å². The molecule has 1 aromatic carbocycles. The van der Waals surface area contributed by atoms with Crippen LogP contribution in [-0.4, -0.2) is 37.0 Å². The van der Waals surface area contributed by atoms with Crippen molar-refractivity contribution < 1.29 is 17.9 Å². The summed E-state index contributed by atoms with van der Waals surface area (Å²) in [5, 5.41) is 10.2. The molecule has 7 heteroatoms. The second-order valence-corrected chi connectivity index (χ2v) is 4.09. The highest BCUT2D eigenvalue weighted by molar-refractivity contribution is 5.80. The SMILES string of the molecule is C[N+](/N=C\c1cccc(C(F)(F)F)c1)=C1NCCN1. The number of rotatable bonds is 2. The van der Waals surface area contributed by atoms with Crippen LogP contribution >= 0.6 is 0 Å². The lowest BCUT2D eigenvalue weighted by molar-refractivity contribution is -0.505. The molecule has 1 fully saturated rings. The van der Waals surface area contributed by atoms with Crippen LogP contribution in [0.4, 0.5) is 13.2 Å². The summed E-state index contributed by atoms with van der Waals surface area (Å²) in [7, 11) is 1.71. The molecule has 1 heterocycles. The molecule has 2 rings (SSSR count). The highest BCUT2D eigenvalue weighted by atomic mass is 19.4. The number of alkyl halides is 3. The quantitative estimate of drug-likeness (QED) is 0.482. The Bertz CT molecular complexity index is 512. The van der Waals surface area contributed by atoms with Gasteiger partial charge in [0.1, 0.15) is 0 Å². The summed E-state index contributed by atoms with van der Waals surface area (Å²) in [6.45, 7) is 1.61. The highest BCUT2D eigenvalue weighted by Gasteiger charge is 2.30. The lowest BCUT2D eigenvalue weighted by Crippen LogP contribution is -2.31. The molecule has 4 nitrogen and oxygen atoms in total. The van der Waals surface area contributed by atoms with Gasteiger partial charge in [0.05, 0.1) is 31.9 Å². The summed E-state index contributed by atoms with van der Waals surface area (Å²) in [6, 6.07) is 5.05. The molecule has 0 bridgehead atoms. The van der Waals surface area contributed by atoms with E-state index in [2.05, 4.69) is 15.7 Å². The van der Waals surface area contributed by atoms with Gasteiger partial charge in [0.15, 0.2) is 0 Å². The van der Waals surface area contributed by atoms with Crippen LogP contribution in [0, 0.1) is 0 Å². The Morgan fingerprint density at radius 1 is 1.26 bits per heavy atom. The van der Waals surface area contributed by atoms with Crippen LogP contribution in [0.3, 0.4) is 0 Å². The predicted molar refractivity (Wildman–Crippen MR) is 66.2 cm³/mol. The van der Waals surface area contributed by atoms with Gasteiger partial charge in [0.2, 0.25) is 0 Å². The van der Waals surface area contributed by atoms with E-state index in [4.69, 9.17) is 0 Å². The van der Waals surface area contributed by atoms with Gasteiger partial charge < -0.3 is 0 Å². The zero-order valence-corrected chi connectivity index (χ0v) is 10.3. The van der Waals surface area contributed by atoms with Crippen molar-refractivity contribution in [2.24, 2.45) is 5.10 Å². The molecule has 0 unspecified atom stereocenters. The summed E-state index contributed by atoms with van der Waals surface area (Å²) in [5.41, 5.74) is -0.274. The highest BCUT2D eigenvalue weighted by Crippen LogP contribution is 2.29. The third kappa shape index (κ3) is 3.46. The van der Waals surface area contributed by atoms with Gasteiger partial charge in [-0.25, -0.2) is 0 Å². The van der Waals surface area contributed by atoms with E-state index in [1.165, 1.54) is 12.3 Å². The van der Waals surface area contributed by atoms with Crippen LogP contribution in [0.1, 0.15) is 11.1 Å². The van der Waals surface area contributed by atoms with Gasteiger partial charge in [0.25, 0.3) is 0 Å². The number of hydrazone groups is 1. The first-order chi connectivity index (χ1) is 8.97. The van der Waals surface area contributed by atoms with Gasteiger partial charge in [-0.1, -0.05) is 12.1 Å². The lowest BCUT2D eigenvalue weighted by atomic mass is 10.1. The van der Waals surface area contributed by atoms with E-state index in [9.17, 15) is 13.2 Å². The fourth-order valence-electron chi connectivity index (χ4n) is 1.66. The van der Waals surface area contributed by atoms with Crippen molar-refractivity contribution in [1.82, 2.24) is 10.6 Å². The monoisotopic (exact) mass is 271 g/mol. The topological polar surface area (TPSA) is 39.4 Å². The number of guanidine groups is 1. The molecular weight excluding hydrogens is 257 g/mol. The molecule has 0 atom stereocenters. The summed E-state index contributed by atoms with van der Waals surface area (Å²) in [6.07, 6.45) is -2.94. The minimum absolute atomic E-state index is 0.403. The molecule has 1 saturated heterocycles. The Hall–Kier alpha value is -2.05. The lowest BCUT2D eigenvalue weighted by Gasteiger charge is -2.06. The van der Waals surface area contributed by atoms with Crippen LogP contribution in [0.15, 0.2) is 29.4 Å². The summed E-state index contributed by atoms with van der Waals surface area (Å²) >= 11 is 0. The van der Waals surface area contributed by atoms with E-state index in [-0.39, 0.29) is 0 Å². The molecule has 2 N–H and O–H groups in total. The van der Waals surface area contributed by atoms with Crippen molar-refractivity contribution in [3.63, 3.8) is 0 Å². The average Bonchev–Trinajstić information content (AvgIpc) is 2.89. The van der Waals surface area contributed by atoms with Crippen LogP contribution in [0.2, 0.25) is 0 Å². The smallest absolute Gasteiger partial charge is 0.273 e. The molecule has 1 aliphatic heterocycles. The van der Waals surface area contributed by atoms with Crippen molar-refractivity contribution in [3.05, 3.63) is 35.4 Å². The number of halogens is 3. The van der Waals surface area contributed by atoms with Gasteiger partial charge in [-0.3, -0.25) is 10.6 Å². The Labute approximate surface area is 108 Å². The average molecular weight is 271 g/mol. The zero-order valence-electron chi connectivity index (χ0n) is 10.3. The molecule has 1 aliphatic rings. The van der Waals surface area contributed by atoms with E-state index in [1.54, 1.807) is 17.8 Å². The number of nitrogens with one attached hydrogen (secondary N) is 2. The fraction of sp³-hybridized carbons (Fsp3) is 0.333. The molecule has 0 amide bonds. The largest absolute Gasteiger partial charge is 0.416 e. The minimum Gasteiger partial charge on any atom is -0.273 e. The van der Waals surface area contributed by atoms with Crippen molar-refractivity contribution in [3.8, 4) is 0 Å². The maximum Gasteiger partial charge on any atom is 0.416 e. The fourth-order valence-corrected chi connectivity index (χ4v) is 1.66. The van der Waals surface area contributed by atoms with Crippen molar-refractivity contribution in [1.29, 1.82) is 0 Å². The maximum atomic E-state index is 12.5. The number of hydrogen-bond donors (Lipinski definition) is 2. The number of nitrogens with zero attached hydrogens (tertiary/aromatic N) is 2. The third-order valence-electron chi connectivity index (χ3n) is 2.63. The van der Waals surface area contributed by atoms with Gasteiger partial charge >= 0.3 is 12.1 Å². The molecule has 0 saturated carbocycles. The Morgan fingerprint density at radius 2 is 1.95 bits per heavy atom. The molecule has 1 aromatic rings. The minimum atomic E-state index is -4.33. The van der Waals surface area contributed by atoms with Crippen molar-refractivity contribution in [2.45, 2.75) is 6.18 Å². The second kappa shape index (κ2) is 5.29. The Balaban J connectivity index is 2.17. The summed E-state index contributed by atoms with van der Waals surface area (Å²) < 4.78 is 39.1. The summed E-state index contributed by atoms with van der Waals surface area (Å²) in [4.78, 5) is 0. The van der Waals surface area contributed by atoms with E-state index < -0.39 is 11.7 Å². The van der Waals surface area contributed by atoms with Gasteiger partial charge in [-0.15, -0.1) is 9.79 Å². The van der Waals surface area contributed by atoms with Crippen LogP contribution in [0.25, 0.3) is 0 Å². The normalized spacial score (nSPS) is 15.5. The first-order valence-corrected chi connectivity index (χ1v) is 5.76. The molecule has 102 valence electrons. The molecule has 19 heavy (non-hydrogen) atoms. The Morgan fingerprint density at radius 3 is 2.58 bits per heavy atom. The molecule has 0 aromatic heterocycles. The van der Waals surface area contributed by atoms with Gasteiger partial charge in [-0.2, -0.15) is 13.2 Å².